The van der Waals surface area contributed by atoms with E-state index in [2.05, 4.69) is 10.6 Å². The normalized spacial score (nSPS) is 17.2. The molecule has 0 radical (unpaired) electrons. The number of nitrogens with two attached hydrogens (primary N) is 1. The minimum atomic E-state index is -1.41. The zero-order valence-corrected chi connectivity index (χ0v) is 29.0. The number of nitrogens with zero attached hydrogens (tertiary/aromatic N) is 2. The molecule has 2 aromatic carbocycles. The molecule has 49 heavy (non-hydrogen) atoms. The molecule has 5 rings (SSSR count). The van der Waals surface area contributed by atoms with Crippen molar-refractivity contribution in [2.75, 3.05) is 16.3 Å². The first-order valence-corrected chi connectivity index (χ1v) is 17.2. The van der Waals surface area contributed by atoms with Crippen LogP contribution in [0.5, 0.6) is 0 Å². The van der Waals surface area contributed by atoms with E-state index < -0.39 is 41.5 Å². The van der Waals surface area contributed by atoms with Crippen LogP contribution in [0, 0.1) is 5.92 Å². The highest BCUT2D eigenvalue weighted by Gasteiger charge is 2.39. The second-order valence-electron chi connectivity index (χ2n) is 13.3. The van der Waals surface area contributed by atoms with Crippen molar-refractivity contribution in [1.82, 2.24) is 10.6 Å². The summed E-state index contributed by atoms with van der Waals surface area (Å²) in [6, 6.07) is 14.3. The molecule has 1 fully saturated rings. The predicted octanol–water partition coefficient (Wildman–Crippen LogP) is 3.52. The van der Waals surface area contributed by atoms with Crippen LogP contribution >= 0.6 is 11.3 Å². The number of fused-ring (bicyclic) bond motifs is 1. The highest BCUT2D eigenvalue weighted by molar-refractivity contribution is 7.07. The van der Waals surface area contributed by atoms with E-state index in [1.807, 2.05) is 48.9 Å². The van der Waals surface area contributed by atoms with Crippen molar-refractivity contribution in [1.29, 1.82) is 0 Å². The summed E-state index contributed by atoms with van der Waals surface area (Å²) in [6.45, 7) is 8.04. The van der Waals surface area contributed by atoms with Crippen molar-refractivity contribution in [3.8, 4) is 0 Å². The highest BCUT2D eigenvalue weighted by atomic mass is 32.1. The number of hydrogen-bond donors (Lipinski definition) is 5. The number of aliphatic hydroxyl groups excluding tert-OH is 1. The number of carbonyl (C=O) groups is 5. The maximum absolute atomic E-state index is 13.9. The lowest BCUT2D eigenvalue weighted by atomic mass is 9.94. The number of benzene rings is 2. The standard InChI is InChI=1S/C28H37N5O4S.C8H8O3/c1-17(2)13-20(31-27(37)28(3,4)29)25(35)30-21-14-19-7-5-8-22(32-11-6-9-23(32)34)24(19)33(26(21)36)15-18-10-12-38-16-18;9-7(8(10)11)6-4-2-1-3-5-6/h5,7-8,10,12,16-17,20-21H,6,9,11,13-15,29H2,1-4H3,(H,30,35)(H,31,37);1-5,7,9H,(H,10,11)/t20-,21?;7-/m10/s1. The van der Waals surface area contributed by atoms with Crippen LogP contribution in [0.2, 0.25) is 0 Å². The minimum Gasteiger partial charge on any atom is -0.479 e. The summed E-state index contributed by atoms with van der Waals surface area (Å²) < 4.78 is 0. The summed E-state index contributed by atoms with van der Waals surface area (Å²) >= 11 is 1.55. The minimum absolute atomic E-state index is 0.0480. The zero-order chi connectivity index (χ0) is 35.9. The molecule has 0 aliphatic carbocycles. The third kappa shape index (κ3) is 9.52. The molecular formula is C36H45N5O7S. The molecule has 12 nitrogen and oxygen atoms in total. The number of carboxylic acids is 1. The first-order valence-electron chi connectivity index (χ1n) is 16.3. The molecule has 0 spiro atoms. The van der Waals surface area contributed by atoms with E-state index in [0.717, 1.165) is 28.9 Å². The molecule has 3 aromatic rings. The molecule has 4 amide bonds. The van der Waals surface area contributed by atoms with Gasteiger partial charge in [-0.15, -0.1) is 0 Å². The Morgan fingerprint density at radius 3 is 2.35 bits per heavy atom. The molecule has 6 N–H and O–H groups in total. The van der Waals surface area contributed by atoms with Crippen LogP contribution in [0.4, 0.5) is 11.4 Å². The number of aliphatic carboxylic acids is 1. The van der Waals surface area contributed by atoms with Gasteiger partial charge in [0.05, 0.1) is 23.5 Å². The van der Waals surface area contributed by atoms with Crippen LogP contribution in [0.25, 0.3) is 0 Å². The summed E-state index contributed by atoms with van der Waals surface area (Å²) in [7, 11) is 0. The monoisotopic (exact) mass is 691 g/mol. The molecule has 1 aromatic heterocycles. The van der Waals surface area contributed by atoms with Gasteiger partial charge in [0.2, 0.25) is 23.6 Å². The molecule has 262 valence electrons. The van der Waals surface area contributed by atoms with Crippen LogP contribution in [-0.2, 0) is 36.9 Å². The van der Waals surface area contributed by atoms with Crippen LogP contribution < -0.4 is 26.2 Å². The Hall–Kier alpha value is -4.59. The Morgan fingerprint density at radius 1 is 1.06 bits per heavy atom. The number of anilines is 2. The van der Waals surface area contributed by atoms with Gasteiger partial charge in [-0.05, 0) is 72.2 Å². The SMILES string of the molecule is CC(C)C[C@@H](NC(=O)C(C)(C)N)C(=O)NC1Cc2cccc(N3CCCC3=O)c2N(Cc2ccsc2)C1=O.O=C(O)[C@@H](O)c1ccccc1. The first kappa shape index (κ1) is 37.2. The van der Waals surface area contributed by atoms with Gasteiger partial charge in [0.25, 0.3) is 0 Å². The first-order chi connectivity index (χ1) is 23.2. The van der Waals surface area contributed by atoms with Gasteiger partial charge in [-0.2, -0.15) is 11.3 Å². The molecule has 3 atom stereocenters. The number of rotatable bonds is 11. The van der Waals surface area contributed by atoms with Gasteiger partial charge in [-0.25, -0.2) is 4.79 Å². The average molecular weight is 692 g/mol. The lowest BCUT2D eigenvalue weighted by molar-refractivity contribution is -0.147. The van der Waals surface area contributed by atoms with Crippen LogP contribution in [0.1, 0.15) is 69.8 Å². The van der Waals surface area contributed by atoms with E-state index >= 15 is 0 Å². The molecule has 2 aliphatic heterocycles. The third-order valence-corrected chi connectivity index (χ3v) is 8.95. The van der Waals surface area contributed by atoms with Crippen molar-refractivity contribution in [2.45, 2.75) is 83.6 Å². The summed E-state index contributed by atoms with van der Waals surface area (Å²) in [5, 5.41) is 27.0. The number of nitrogens with one attached hydrogen (secondary N) is 2. The lowest BCUT2D eigenvalue weighted by Gasteiger charge is -2.37. The van der Waals surface area contributed by atoms with Crippen molar-refractivity contribution >= 4 is 52.3 Å². The van der Waals surface area contributed by atoms with Crippen molar-refractivity contribution in [3.63, 3.8) is 0 Å². The largest absolute Gasteiger partial charge is 0.479 e. The predicted molar refractivity (Wildman–Crippen MR) is 188 cm³/mol. The Morgan fingerprint density at radius 2 is 1.78 bits per heavy atom. The molecule has 2 aliphatic rings. The fraction of sp³-hybridized carbons (Fsp3) is 0.417. The van der Waals surface area contributed by atoms with Crippen molar-refractivity contribution < 1.29 is 34.2 Å². The maximum atomic E-state index is 13.9. The molecule has 13 heteroatoms. The van der Waals surface area contributed by atoms with Gasteiger partial charge in [-0.3, -0.25) is 19.2 Å². The van der Waals surface area contributed by atoms with Crippen LogP contribution in [0.3, 0.4) is 0 Å². The van der Waals surface area contributed by atoms with E-state index in [4.69, 9.17) is 15.9 Å². The fourth-order valence-electron chi connectivity index (χ4n) is 5.71. The molecular weight excluding hydrogens is 646 g/mol. The molecule has 0 bridgehead atoms. The average Bonchev–Trinajstić information content (AvgIpc) is 3.73. The Labute approximate surface area is 290 Å². The molecule has 1 saturated heterocycles. The zero-order valence-electron chi connectivity index (χ0n) is 28.2. The van der Waals surface area contributed by atoms with Crippen molar-refractivity contribution in [3.05, 3.63) is 82.0 Å². The molecule has 1 unspecified atom stereocenters. The van der Waals surface area contributed by atoms with Gasteiger partial charge in [0.15, 0.2) is 6.10 Å². The van der Waals surface area contributed by atoms with Crippen molar-refractivity contribution in [2.24, 2.45) is 11.7 Å². The number of carbonyl (C=O) groups excluding carboxylic acids is 4. The van der Waals surface area contributed by atoms with Gasteiger partial charge < -0.3 is 36.4 Å². The van der Waals surface area contributed by atoms with E-state index in [1.54, 1.807) is 65.3 Å². The number of carboxylic acid groups (broad SMARTS) is 1. The fourth-order valence-corrected chi connectivity index (χ4v) is 6.37. The van der Waals surface area contributed by atoms with Crippen LogP contribution in [-0.4, -0.2) is 64.0 Å². The van der Waals surface area contributed by atoms with E-state index in [1.165, 1.54) is 0 Å². The van der Waals surface area contributed by atoms with Gasteiger partial charge >= 0.3 is 5.97 Å². The second-order valence-corrected chi connectivity index (χ2v) is 14.1. The number of aliphatic hydroxyl groups is 1. The highest BCUT2D eigenvalue weighted by Crippen LogP contribution is 2.40. The van der Waals surface area contributed by atoms with Gasteiger partial charge in [-0.1, -0.05) is 56.3 Å². The third-order valence-electron chi connectivity index (χ3n) is 8.22. The quantitative estimate of drug-likeness (QED) is 0.202. The van der Waals surface area contributed by atoms with E-state index in [0.29, 0.717) is 37.9 Å². The van der Waals surface area contributed by atoms with Gasteiger partial charge in [0, 0.05) is 19.4 Å². The summed E-state index contributed by atoms with van der Waals surface area (Å²) in [5.74, 6) is -2.14. The summed E-state index contributed by atoms with van der Waals surface area (Å²) in [6.07, 6.45) is 0.563. The number of amides is 4. The number of hydrogen-bond acceptors (Lipinski definition) is 8. The molecule has 0 saturated carbocycles. The Bertz CT molecular complexity index is 1640. The number of thiophene rings is 1. The van der Waals surface area contributed by atoms with Crippen LogP contribution in [0.15, 0.2) is 65.4 Å². The smallest absolute Gasteiger partial charge is 0.337 e. The Kier molecular flexibility index (Phi) is 12.3. The van der Waals surface area contributed by atoms with E-state index in [9.17, 15) is 24.0 Å². The van der Waals surface area contributed by atoms with E-state index in [-0.39, 0.29) is 17.7 Å². The summed E-state index contributed by atoms with van der Waals surface area (Å²) in [5.41, 5.74) is 8.51. The molecule has 3 heterocycles. The number of para-hydroxylation sites is 1. The van der Waals surface area contributed by atoms with Gasteiger partial charge in [0.1, 0.15) is 12.1 Å². The lowest BCUT2D eigenvalue weighted by Crippen LogP contribution is -2.59. The maximum Gasteiger partial charge on any atom is 0.337 e. The second kappa shape index (κ2) is 16.2. The topological polar surface area (TPSA) is 182 Å². The summed E-state index contributed by atoms with van der Waals surface area (Å²) in [4.78, 5) is 66.2. The Balaban J connectivity index is 0.000000418.